The number of carbonyl (C=O) groups is 3. The van der Waals surface area contributed by atoms with Gasteiger partial charge in [-0.25, -0.2) is 0 Å². The lowest BCUT2D eigenvalue weighted by atomic mass is 9.99. The van der Waals surface area contributed by atoms with E-state index in [0.29, 0.717) is 25.1 Å². The summed E-state index contributed by atoms with van der Waals surface area (Å²) in [6, 6.07) is 5.35. The largest absolute Gasteiger partial charge is 0.488 e. The second kappa shape index (κ2) is 8.07. The van der Waals surface area contributed by atoms with Crippen LogP contribution in [0.25, 0.3) is 0 Å². The molecule has 2 heterocycles. The van der Waals surface area contributed by atoms with Crippen molar-refractivity contribution in [3.05, 3.63) is 42.0 Å². The highest BCUT2D eigenvalue weighted by atomic mass is 32.3. The molecule has 11 heteroatoms. The highest BCUT2D eigenvalue weighted by Gasteiger charge is 2.40. The number of rotatable bonds is 7. The smallest absolute Gasteiger partial charge is 0.461 e. The summed E-state index contributed by atoms with van der Waals surface area (Å²) in [7, 11) is -5.12. The predicted octanol–water partition coefficient (Wildman–Crippen LogP) is 0.321. The van der Waals surface area contributed by atoms with Gasteiger partial charge in [-0.15, -0.1) is 0 Å². The number of likely N-dealkylation sites (tertiary alicyclic amines) is 1. The summed E-state index contributed by atoms with van der Waals surface area (Å²) >= 11 is 0. The van der Waals surface area contributed by atoms with E-state index in [1.165, 1.54) is 30.4 Å². The van der Waals surface area contributed by atoms with Crippen molar-refractivity contribution in [2.45, 2.75) is 25.1 Å². The SMILES string of the molecule is O=COC1CN(Cc2cccc(OS(=O)(=O)F)c2)CCC1N1C(=O)C=CC1=O. The van der Waals surface area contributed by atoms with Gasteiger partial charge < -0.3 is 8.92 Å². The number of imide groups is 1. The molecule has 2 amide bonds. The molecule has 0 radical (unpaired) electrons. The number of amides is 2. The van der Waals surface area contributed by atoms with Crippen LogP contribution in [0.4, 0.5) is 3.89 Å². The van der Waals surface area contributed by atoms with E-state index in [0.717, 1.165) is 4.90 Å². The summed E-state index contributed by atoms with van der Waals surface area (Å²) < 4.78 is 43.3. The maximum atomic E-state index is 12.7. The molecule has 0 spiro atoms. The van der Waals surface area contributed by atoms with Crippen LogP contribution in [0.1, 0.15) is 12.0 Å². The minimum absolute atomic E-state index is 0.157. The molecule has 0 aromatic heterocycles. The number of benzene rings is 1. The van der Waals surface area contributed by atoms with Crippen molar-refractivity contribution in [1.29, 1.82) is 0 Å². The number of halogens is 1. The van der Waals surface area contributed by atoms with Gasteiger partial charge in [0, 0.05) is 31.8 Å². The average Bonchev–Trinajstić information content (AvgIpc) is 2.93. The molecule has 2 unspecified atom stereocenters. The molecule has 0 N–H and O–H groups in total. The first-order valence-corrected chi connectivity index (χ1v) is 9.67. The van der Waals surface area contributed by atoms with Crippen molar-refractivity contribution in [2.24, 2.45) is 0 Å². The van der Waals surface area contributed by atoms with Gasteiger partial charge >= 0.3 is 10.5 Å². The third-order valence-corrected chi connectivity index (χ3v) is 4.91. The van der Waals surface area contributed by atoms with Crippen LogP contribution in [0.2, 0.25) is 0 Å². The van der Waals surface area contributed by atoms with Crippen molar-refractivity contribution in [1.82, 2.24) is 9.80 Å². The molecular weight excluding hydrogens is 395 g/mol. The molecule has 1 aromatic carbocycles. The van der Waals surface area contributed by atoms with Crippen LogP contribution >= 0.6 is 0 Å². The fraction of sp³-hybridized carbons (Fsp3) is 0.353. The fourth-order valence-corrected chi connectivity index (χ4v) is 3.75. The first kappa shape index (κ1) is 20.0. The molecule has 150 valence electrons. The summed E-state index contributed by atoms with van der Waals surface area (Å²) in [6.45, 7) is 1.37. The van der Waals surface area contributed by atoms with E-state index < -0.39 is 34.5 Å². The first-order chi connectivity index (χ1) is 13.3. The molecule has 1 aromatic rings. The number of hydrogen-bond acceptors (Lipinski definition) is 8. The maximum Gasteiger partial charge on any atom is 0.488 e. The Hall–Kier alpha value is -2.79. The predicted molar refractivity (Wildman–Crippen MR) is 92.7 cm³/mol. The summed E-state index contributed by atoms with van der Waals surface area (Å²) in [5, 5.41) is 0. The third-order valence-electron chi connectivity index (χ3n) is 4.51. The lowest BCUT2D eigenvalue weighted by Crippen LogP contribution is -2.56. The minimum atomic E-state index is -5.12. The Kier molecular flexibility index (Phi) is 5.75. The van der Waals surface area contributed by atoms with Gasteiger partial charge in [-0.05, 0) is 24.1 Å². The zero-order chi connectivity index (χ0) is 20.3. The number of ether oxygens (including phenoxy) is 1. The molecule has 2 aliphatic heterocycles. The van der Waals surface area contributed by atoms with Gasteiger partial charge in [-0.2, -0.15) is 8.42 Å². The van der Waals surface area contributed by atoms with Crippen molar-refractivity contribution in [3.8, 4) is 5.75 Å². The molecule has 2 aliphatic rings. The van der Waals surface area contributed by atoms with E-state index >= 15 is 0 Å². The zero-order valence-corrected chi connectivity index (χ0v) is 15.4. The van der Waals surface area contributed by atoms with Gasteiger partial charge in [-0.3, -0.25) is 24.2 Å². The fourth-order valence-electron chi connectivity index (χ4n) is 3.42. The summed E-state index contributed by atoms with van der Waals surface area (Å²) in [4.78, 5) is 37.7. The molecule has 1 saturated heterocycles. The summed E-state index contributed by atoms with van der Waals surface area (Å²) in [5.74, 6) is -1.05. The van der Waals surface area contributed by atoms with Gasteiger partial charge in [0.25, 0.3) is 18.3 Å². The van der Waals surface area contributed by atoms with Gasteiger partial charge in [0.05, 0.1) is 6.04 Å². The Balaban J connectivity index is 1.69. The number of hydrogen-bond donors (Lipinski definition) is 0. The molecule has 1 fully saturated rings. The molecular formula is C17H17FN2O7S. The van der Waals surface area contributed by atoms with Crippen LogP contribution in [-0.2, 0) is 36.2 Å². The number of nitrogens with zero attached hydrogens (tertiary/aromatic N) is 2. The highest BCUT2D eigenvalue weighted by molar-refractivity contribution is 7.81. The zero-order valence-electron chi connectivity index (χ0n) is 14.6. The second-order valence-corrected chi connectivity index (χ2v) is 7.32. The van der Waals surface area contributed by atoms with Crippen LogP contribution in [-0.4, -0.2) is 61.7 Å². The average molecular weight is 412 g/mol. The quantitative estimate of drug-likeness (QED) is 0.358. The van der Waals surface area contributed by atoms with Gasteiger partial charge in [0.1, 0.15) is 11.9 Å². The van der Waals surface area contributed by atoms with E-state index in [1.54, 1.807) is 6.07 Å². The lowest BCUT2D eigenvalue weighted by Gasteiger charge is -2.40. The van der Waals surface area contributed by atoms with E-state index in [1.807, 2.05) is 4.90 Å². The minimum Gasteiger partial charge on any atom is -0.461 e. The van der Waals surface area contributed by atoms with E-state index in [9.17, 15) is 26.7 Å². The Bertz CT molecular complexity index is 900. The van der Waals surface area contributed by atoms with Crippen molar-refractivity contribution in [2.75, 3.05) is 13.1 Å². The van der Waals surface area contributed by atoms with Crippen molar-refractivity contribution < 1.29 is 35.6 Å². The monoisotopic (exact) mass is 412 g/mol. The Morgan fingerprint density at radius 3 is 2.57 bits per heavy atom. The van der Waals surface area contributed by atoms with E-state index in [2.05, 4.69) is 4.18 Å². The number of carbonyl (C=O) groups excluding carboxylic acids is 3. The van der Waals surface area contributed by atoms with Crippen LogP contribution < -0.4 is 4.18 Å². The molecule has 9 nitrogen and oxygen atoms in total. The molecule has 28 heavy (non-hydrogen) atoms. The van der Waals surface area contributed by atoms with Crippen molar-refractivity contribution in [3.63, 3.8) is 0 Å². The summed E-state index contributed by atoms with van der Waals surface area (Å²) in [5.41, 5.74) is 0.652. The van der Waals surface area contributed by atoms with Crippen LogP contribution in [0, 0.1) is 0 Å². The maximum absolute atomic E-state index is 12.7. The molecule has 2 atom stereocenters. The first-order valence-electron chi connectivity index (χ1n) is 8.36. The van der Waals surface area contributed by atoms with Crippen molar-refractivity contribution >= 4 is 28.8 Å². The molecule has 3 rings (SSSR count). The second-order valence-electron chi connectivity index (χ2n) is 6.37. The molecule has 0 bridgehead atoms. The van der Waals surface area contributed by atoms with Crippen LogP contribution in [0.15, 0.2) is 36.4 Å². The van der Waals surface area contributed by atoms with Crippen LogP contribution in [0.3, 0.4) is 0 Å². The normalized spacial score (nSPS) is 23.1. The topological polar surface area (TPSA) is 110 Å². The van der Waals surface area contributed by atoms with E-state index in [-0.39, 0.29) is 18.8 Å². The standard InChI is InChI=1S/C17H17FN2O7S/c18-28(24,25)27-13-3-1-2-12(8-13)9-19-7-6-14(15(10-19)26-11-21)20-16(22)4-5-17(20)23/h1-5,8,11,14-15H,6-7,9-10H2. The van der Waals surface area contributed by atoms with Crippen LogP contribution in [0.5, 0.6) is 5.75 Å². The molecule has 0 saturated carbocycles. The summed E-state index contributed by atoms with van der Waals surface area (Å²) in [6.07, 6.45) is 2.05. The lowest BCUT2D eigenvalue weighted by molar-refractivity contribution is -0.153. The Morgan fingerprint density at radius 2 is 1.93 bits per heavy atom. The highest BCUT2D eigenvalue weighted by Crippen LogP contribution is 2.25. The molecule has 0 aliphatic carbocycles. The Morgan fingerprint density at radius 1 is 1.21 bits per heavy atom. The van der Waals surface area contributed by atoms with Gasteiger partial charge in [0.15, 0.2) is 0 Å². The number of piperidine rings is 1. The third kappa shape index (κ3) is 4.73. The van der Waals surface area contributed by atoms with E-state index in [4.69, 9.17) is 4.74 Å². The van der Waals surface area contributed by atoms with Gasteiger partial charge in [0.2, 0.25) is 0 Å². The van der Waals surface area contributed by atoms with Gasteiger partial charge in [-0.1, -0.05) is 16.0 Å². The Labute approximate surface area is 160 Å².